The molecule has 0 fully saturated rings. The molecule has 0 aliphatic carbocycles. The van der Waals surface area contributed by atoms with Crippen molar-refractivity contribution in [3.63, 3.8) is 0 Å². The summed E-state index contributed by atoms with van der Waals surface area (Å²) in [6.45, 7) is 9.70. The molecule has 1 N–H and O–H groups in total. The first kappa shape index (κ1) is 17.9. The maximum atomic E-state index is 11.9. The van der Waals surface area contributed by atoms with Crippen LogP contribution in [0, 0.1) is 6.92 Å². The minimum Gasteiger partial charge on any atom is -0.497 e. The second kappa shape index (κ2) is 7.43. The molecule has 0 atom stereocenters. The number of carbonyl (C=O) groups is 1. The van der Waals surface area contributed by atoms with E-state index in [1.165, 1.54) is 0 Å². The number of hydrogen-bond acceptors (Lipinski definition) is 4. The smallest absolute Gasteiger partial charge is 0.339 e. The quantitative estimate of drug-likeness (QED) is 0.828. The summed E-state index contributed by atoms with van der Waals surface area (Å²) in [6, 6.07) is 5.72. The van der Waals surface area contributed by atoms with Gasteiger partial charge in [0, 0.05) is 18.5 Å². The van der Waals surface area contributed by atoms with E-state index in [2.05, 4.69) is 4.90 Å². The second-order valence-electron chi connectivity index (χ2n) is 5.50. The standard InChI is InChI=1S/C19H25NO4/c1-6-20(7-2)17-15-11-13(23-5)9-10-14(15)12(4)16(19(21)22)18(17)24-8-3/h9-11H,6-8H2,1-5H3,(H,21,22). The van der Waals surface area contributed by atoms with Gasteiger partial charge in [-0.1, -0.05) is 6.07 Å². The Labute approximate surface area is 142 Å². The van der Waals surface area contributed by atoms with Crippen LogP contribution in [-0.2, 0) is 0 Å². The Bertz CT molecular complexity index is 751. The highest BCUT2D eigenvalue weighted by Crippen LogP contribution is 2.43. The summed E-state index contributed by atoms with van der Waals surface area (Å²) in [4.78, 5) is 14.0. The summed E-state index contributed by atoms with van der Waals surface area (Å²) in [5.74, 6) is 0.204. The molecule has 130 valence electrons. The fraction of sp³-hybridized carbons (Fsp3) is 0.421. The largest absolute Gasteiger partial charge is 0.497 e. The lowest BCUT2D eigenvalue weighted by Crippen LogP contribution is -2.24. The van der Waals surface area contributed by atoms with E-state index in [-0.39, 0.29) is 5.56 Å². The predicted molar refractivity (Wildman–Crippen MR) is 96.9 cm³/mol. The van der Waals surface area contributed by atoms with Crippen LogP contribution in [0.3, 0.4) is 0 Å². The summed E-state index contributed by atoms with van der Waals surface area (Å²) in [5, 5.41) is 11.6. The molecular weight excluding hydrogens is 306 g/mol. The van der Waals surface area contributed by atoms with Crippen LogP contribution in [0.2, 0.25) is 0 Å². The van der Waals surface area contributed by atoms with Gasteiger partial charge in [0.2, 0.25) is 0 Å². The van der Waals surface area contributed by atoms with Gasteiger partial charge in [0.15, 0.2) is 5.75 Å². The third-order valence-corrected chi connectivity index (χ3v) is 4.29. The Morgan fingerprint density at radius 2 is 1.83 bits per heavy atom. The fourth-order valence-corrected chi connectivity index (χ4v) is 3.12. The molecule has 0 aliphatic heterocycles. The minimum absolute atomic E-state index is 0.233. The van der Waals surface area contributed by atoms with Crippen LogP contribution in [0.25, 0.3) is 10.8 Å². The third-order valence-electron chi connectivity index (χ3n) is 4.29. The normalized spacial score (nSPS) is 10.7. The fourth-order valence-electron chi connectivity index (χ4n) is 3.12. The molecule has 0 amide bonds. The minimum atomic E-state index is -0.970. The number of carboxylic acids is 1. The summed E-state index contributed by atoms with van der Waals surface area (Å²) in [5.41, 5.74) is 1.76. The molecule has 5 nitrogen and oxygen atoms in total. The number of nitrogens with zero attached hydrogens (tertiary/aromatic N) is 1. The monoisotopic (exact) mass is 331 g/mol. The summed E-state index contributed by atoms with van der Waals surface area (Å²) in [7, 11) is 1.63. The Morgan fingerprint density at radius 3 is 2.33 bits per heavy atom. The van der Waals surface area contributed by atoms with Gasteiger partial charge >= 0.3 is 5.97 Å². The molecule has 2 rings (SSSR count). The molecule has 0 bridgehead atoms. The van der Waals surface area contributed by atoms with Crippen LogP contribution in [-0.4, -0.2) is 37.9 Å². The zero-order valence-corrected chi connectivity index (χ0v) is 15.0. The van der Waals surface area contributed by atoms with E-state index in [9.17, 15) is 9.90 Å². The van der Waals surface area contributed by atoms with Crippen molar-refractivity contribution < 1.29 is 19.4 Å². The molecule has 0 saturated heterocycles. The topological polar surface area (TPSA) is 59.0 Å². The van der Waals surface area contributed by atoms with Gasteiger partial charge in [0.25, 0.3) is 0 Å². The van der Waals surface area contributed by atoms with Crippen molar-refractivity contribution in [3.8, 4) is 11.5 Å². The number of anilines is 1. The second-order valence-corrected chi connectivity index (χ2v) is 5.50. The molecule has 0 aliphatic rings. The Balaban J connectivity index is 3.00. The number of aromatic carboxylic acids is 1. The predicted octanol–water partition coefficient (Wildman–Crippen LogP) is 4.10. The van der Waals surface area contributed by atoms with E-state index in [4.69, 9.17) is 9.47 Å². The molecule has 0 heterocycles. The third kappa shape index (κ3) is 2.98. The highest BCUT2D eigenvalue weighted by atomic mass is 16.5. The lowest BCUT2D eigenvalue weighted by molar-refractivity contribution is 0.0692. The summed E-state index contributed by atoms with van der Waals surface area (Å²) < 4.78 is 11.2. The maximum Gasteiger partial charge on any atom is 0.339 e. The molecule has 0 spiro atoms. The molecular formula is C19H25NO4. The van der Waals surface area contributed by atoms with Crippen molar-refractivity contribution in [1.29, 1.82) is 0 Å². The van der Waals surface area contributed by atoms with E-state index in [0.29, 0.717) is 17.9 Å². The Morgan fingerprint density at radius 1 is 1.17 bits per heavy atom. The number of hydrogen-bond donors (Lipinski definition) is 1. The van der Waals surface area contributed by atoms with Gasteiger partial charge < -0.3 is 19.5 Å². The molecule has 2 aromatic carbocycles. The van der Waals surface area contributed by atoms with Crippen molar-refractivity contribution in [2.24, 2.45) is 0 Å². The number of fused-ring (bicyclic) bond motifs is 1. The number of ether oxygens (including phenoxy) is 2. The molecule has 0 radical (unpaired) electrons. The molecule has 0 aromatic heterocycles. The average Bonchev–Trinajstić information content (AvgIpc) is 2.57. The van der Waals surface area contributed by atoms with Crippen LogP contribution in [0.4, 0.5) is 5.69 Å². The highest BCUT2D eigenvalue weighted by molar-refractivity contribution is 6.08. The van der Waals surface area contributed by atoms with Gasteiger partial charge in [-0.2, -0.15) is 0 Å². The van der Waals surface area contributed by atoms with E-state index < -0.39 is 5.97 Å². The molecule has 0 saturated carbocycles. The van der Waals surface area contributed by atoms with Crippen LogP contribution < -0.4 is 14.4 Å². The van der Waals surface area contributed by atoms with Gasteiger partial charge in [-0.25, -0.2) is 4.79 Å². The maximum absolute atomic E-state index is 11.9. The highest BCUT2D eigenvalue weighted by Gasteiger charge is 2.25. The van der Waals surface area contributed by atoms with Crippen molar-refractivity contribution in [1.82, 2.24) is 0 Å². The summed E-state index contributed by atoms with van der Waals surface area (Å²) in [6.07, 6.45) is 0. The number of aryl methyl sites for hydroxylation is 1. The van der Waals surface area contributed by atoms with Gasteiger partial charge in [-0.15, -0.1) is 0 Å². The van der Waals surface area contributed by atoms with E-state index >= 15 is 0 Å². The van der Waals surface area contributed by atoms with Crippen molar-refractivity contribution >= 4 is 22.4 Å². The van der Waals surface area contributed by atoms with Crippen LogP contribution in [0.5, 0.6) is 11.5 Å². The van der Waals surface area contributed by atoms with Gasteiger partial charge in [-0.3, -0.25) is 0 Å². The van der Waals surface area contributed by atoms with Gasteiger partial charge in [0.05, 0.1) is 19.4 Å². The number of benzene rings is 2. The molecule has 0 unspecified atom stereocenters. The van der Waals surface area contributed by atoms with E-state index in [0.717, 1.165) is 35.3 Å². The zero-order chi connectivity index (χ0) is 17.9. The first-order valence-electron chi connectivity index (χ1n) is 8.25. The van der Waals surface area contributed by atoms with Crippen LogP contribution >= 0.6 is 0 Å². The lowest BCUT2D eigenvalue weighted by atomic mass is 9.96. The molecule has 5 heteroatoms. The molecule has 24 heavy (non-hydrogen) atoms. The van der Waals surface area contributed by atoms with E-state index in [1.807, 2.05) is 45.9 Å². The van der Waals surface area contributed by atoms with Crippen molar-refractivity contribution in [2.45, 2.75) is 27.7 Å². The Kier molecular flexibility index (Phi) is 5.54. The summed E-state index contributed by atoms with van der Waals surface area (Å²) >= 11 is 0. The van der Waals surface area contributed by atoms with Crippen molar-refractivity contribution in [2.75, 3.05) is 31.7 Å². The van der Waals surface area contributed by atoms with Crippen molar-refractivity contribution in [3.05, 3.63) is 29.3 Å². The average molecular weight is 331 g/mol. The van der Waals surface area contributed by atoms with E-state index in [1.54, 1.807) is 7.11 Å². The van der Waals surface area contributed by atoms with Crippen LogP contribution in [0.15, 0.2) is 18.2 Å². The zero-order valence-electron chi connectivity index (χ0n) is 15.0. The first-order chi connectivity index (χ1) is 11.5. The van der Waals surface area contributed by atoms with Gasteiger partial charge in [0.1, 0.15) is 11.3 Å². The SMILES string of the molecule is CCOc1c(C(=O)O)c(C)c2ccc(OC)cc2c1N(CC)CC. The van der Waals surface area contributed by atoms with Gasteiger partial charge in [-0.05, 0) is 50.8 Å². The number of methoxy groups -OCH3 is 1. The molecule has 2 aromatic rings. The first-order valence-corrected chi connectivity index (χ1v) is 8.25. The number of carboxylic acid groups (broad SMARTS) is 1. The number of rotatable bonds is 7. The van der Waals surface area contributed by atoms with Crippen LogP contribution in [0.1, 0.15) is 36.7 Å². The Hall–Kier alpha value is -2.43. The lowest BCUT2D eigenvalue weighted by Gasteiger charge is -2.28.